The number of rotatable bonds is 4. The van der Waals surface area contributed by atoms with Gasteiger partial charge >= 0.3 is 5.97 Å². The monoisotopic (exact) mass is 352 g/mol. The van der Waals surface area contributed by atoms with E-state index in [0.29, 0.717) is 19.6 Å². The fraction of sp³-hybridized carbons (Fsp3) is 0.375. The van der Waals surface area contributed by atoms with Crippen LogP contribution < -0.4 is 5.32 Å². The van der Waals surface area contributed by atoms with Crippen LogP contribution >= 0.6 is 22.9 Å². The minimum absolute atomic E-state index is 0.0465. The first kappa shape index (κ1) is 16.2. The number of thiophene rings is 1. The van der Waals surface area contributed by atoms with Crippen molar-refractivity contribution in [2.75, 3.05) is 20.2 Å². The van der Waals surface area contributed by atoms with Gasteiger partial charge in [-0.2, -0.15) is 0 Å². The highest BCUT2D eigenvalue weighted by molar-refractivity contribution is 7.19. The van der Waals surface area contributed by atoms with E-state index in [1.807, 2.05) is 29.2 Å². The first-order chi connectivity index (χ1) is 11.1. The molecule has 0 radical (unpaired) electrons. The predicted molar refractivity (Wildman–Crippen MR) is 90.7 cm³/mol. The summed E-state index contributed by atoms with van der Waals surface area (Å²) in [5, 5.41) is 4.56. The first-order valence-corrected chi connectivity index (χ1v) is 8.54. The quantitative estimate of drug-likeness (QED) is 0.858. The molecule has 3 rings (SSSR count). The van der Waals surface area contributed by atoms with Crippen molar-refractivity contribution in [2.45, 2.75) is 19.0 Å². The first-order valence-electron chi connectivity index (χ1n) is 7.34. The van der Waals surface area contributed by atoms with Crippen molar-refractivity contribution in [1.29, 1.82) is 0 Å². The Labute approximate surface area is 143 Å². The highest BCUT2D eigenvalue weighted by atomic mass is 35.5. The molecular weight excluding hydrogens is 336 g/mol. The van der Waals surface area contributed by atoms with E-state index in [0.717, 1.165) is 20.0 Å². The minimum atomic E-state index is -0.516. The van der Waals surface area contributed by atoms with Gasteiger partial charge in [0.1, 0.15) is 6.04 Å². The van der Waals surface area contributed by atoms with Crippen molar-refractivity contribution in [2.24, 2.45) is 0 Å². The third-order valence-electron chi connectivity index (χ3n) is 3.98. The second-order valence-corrected chi connectivity index (χ2v) is 6.91. The Kier molecular flexibility index (Phi) is 4.84. The van der Waals surface area contributed by atoms with Gasteiger partial charge in [-0.15, -0.1) is 11.3 Å². The number of ether oxygens (including phenoxy) is 1. The van der Waals surface area contributed by atoms with E-state index in [-0.39, 0.29) is 18.3 Å². The number of carbonyl (C=O) groups is 2. The van der Waals surface area contributed by atoms with Crippen molar-refractivity contribution >= 4 is 44.9 Å². The van der Waals surface area contributed by atoms with E-state index in [1.54, 1.807) is 11.3 Å². The highest BCUT2D eigenvalue weighted by Crippen LogP contribution is 2.36. The standard InChI is InChI=1S/C16H17ClN2O3S/c1-22-14(20)8-11-16(21)18-6-7-19(11)9-13-15(17)10-4-2-3-5-12(10)23-13/h2-5,11H,6-9H2,1H3,(H,18,21)/t11-/m1/s1. The lowest BCUT2D eigenvalue weighted by Gasteiger charge is -2.34. The van der Waals surface area contributed by atoms with Gasteiger partial charge in [0.25, 0.3) is 0 Å². The number of nitrogens with zero attached hydrogens (tertiary/aromatic N) is 1. The molecule has 0 bridgehead atoms. The zero-order valence-corrected chi connectivity index (χ0v) is 14.2. The maximum absolute atomic E-state index is 12.1. The Bertz CT molecular complexity index is 746. The molecule has 1 aromatic heterocycles. The molecule has 0 unspecified atom stereocenters. The normalized spacial score (nSPS) is 18.9. The fourth-order valence-electron chi connectivity index (χ4n) is 2.77. The highest BCUT2D eigenvalue weighted by Gasteiger charge is 2.32. The lowest BCUT2D eigenvalue weighted by atomic mass is 10.1. The Balaban J connectivity index is 1.84. The van der Waals surface area contributed by atoms with Crippen molar-refractivity contribution in [3.05, 3.63) is 34.2 Å². The largest absolute Gasteiger partial charge is 0.469 e. The molecule has 122 valence electrons. The van der Waals surface area contributed by atoms with Crippen LogP contribution in [-0.4, -0.2) is 43.0 Å². The van der Waals surface area contributed by atoms with Gasteiger partial charge in [0, 0.05) is 34.6 Å². The Hall–Kier alpha value is -1.63. The summed E-state index contributed by atoms with van der Waals surface area (Å²) in [4.78, 5) is 26.7. The fourth-order valence-corrected chi connectivity index (χ4v) is 4.28. The van der Waals surface area contributed by atoms with Crippen LogP contribution in [-0.2, 0) is 20.9 Å². The summed E-state index contributed by atoms with van der Waals surface area (Å²) in [5.74, 6) is -0.529. The maximum Gasteiger partial charge on any atom is 0.307 e. The molecule has 1 aliphatic heterocycles. The van der Waals surface area contributed by atoms with Crippen molar-refractivity contribution < 1.29 is 14.3 Å². The van der Waals surface area contributed by atoms with Crippen LogP contribution in [0.3, 0.4) is 0 Å². The van der Waals surface area contributed by atoms with E-state index >= 15 is 0 Å². The number of methoxy groups -OCH3 is 1. The Morgan fingerprint density at radius 1 is 1.48 bits per heavy atom. The smallest absolute Gasteiger partial charge is 0.307 e. The zero-order chi connectivity index (χ0) is 16.4. The number of amides is 1. The number of fused-ring (bicyclic) bond motifs is 1. The molecule has 1 amide bonds. The summed E-state index contributed by atoms with van der Waals surface area (Å²) >= 11 is 8.11. The third kappa shape index (κ3) is 3.34. The lowest BCUT2D eigenvalue weighted by molar-refractivity contribution is -0.146. The number of hydrogen-bond acceptors (Lipinski definition) is 5. The van der Waals surface area contributed by atoms with E-state index in [9.17, 15) is 9.59 Å². The molecule has 0 saturated carbocycles. The number of benzene rings is 1. The van der Waals surface area contributed by atoms with Gasteiger partial charge in [0.05, 0.1) is 18.6 Å². The number of halogens is 1. The molecule has 2 aromatic rings. The molecule has 1 atom stereocenters. The molecule has 1 N–H and O–H groups in total. The Morgan fingerprint density at radius 2 is 2.26 bits per heavy atom. The molecular formula is C16H17ClN2O3S. The maximum atomic E-state index is 12.1. The number of esters is 1. The van der Waals surface area contributed by atoms with E-state index in [1.165, 1.54) is 7.11 Å². The van der Waals surface area contributed by atoms with Crippen LogP contribution in [0.5, 0.6) is 0 Å². The van der Waals surface area contributed by atoms with Crippen LogP contribution in [0.4, 0.5) is 0 Å². The average Bonchev–Trinajstić information content (AvgIpc) is 2.87. The van der Waals surface area contributed by atoms with Crippen LogP contribution in [0.2, 0.25) is 5.02 Å². The number of nitrogens with one attached hydrogen (secondary N) is 1. The number of piperazine rings is 1. The van der Waals surface area contributed by atoms with Gasteiger partial charge in [-0.25, -0.2) is 0 Å². The van der Waals surface area contributed by atoms with Crippen LogP contribution in [0, 0.1) is 0 Å². The van der Waals surface area contributed by atoms with Gasteiger partial charge in [-0.05, 0) is 6.07 Å². The molecule has 1 aliphatic rings. The molecule has 0 aliphatic carbocycles. The molecule has 2 heterocycles. The Morgan fingerprint density at radius 3 is 3.00 bits per heavy atom. The second-order valence-electron chi connectivity index (χ2n) is 5.39. The average molecular weight is 353 g/mol. The zero-order valence-electron chi connectivity index (χ0n) is 12.7. The van der Waals surface area contributed by atoms with E-state index < -0.39 is 6.04 Å². The van der Waals surface area contributed by atoms with Crippen molar-refractivity contribution in [3.8, 4) is 0 Å². The van der Waals surface area contributed by atoms with Crippen LogP contribution in [0.25, 0.3) is 10.1 Å². The third-order valence-corrected chi connectivity index (χ3v) is 5.68. The molecule has 23 heavy (non-hydrogen) atoms. The number of carbonyl (C=O) groups excluding carboxylic acids is 2. The van der Waals surface area contributed by atoms with Gasteiger partial charge < -0.3 is 10.1 Å². The van der Waals surface area contributed by atoms with Gasteiger partial charge in [0.2, 0.25) is 5.91 Å². The summed E-state index contributed by atoms with van der Waals surface area (Å²) in [7, 11) is 1.33. The number of hydrogen-bond donors (Lipinski definition) is 1. The van der Waals surface area contributed by atoms with Gasteiger partial charge in [0.15, 0.2) is 0 Å². The predicted octanol–water partition coefficient (Wildman–Crippen LogP) is 2.42. The topological polar surface area (TPSA) is 58.6 Å². The van der Waals surface area contributed by atoms with Gasteiger partial charge in [-0.1, -0.05) is 29.8 Å². The second kappa shape index (κ2) is 6.86. The molecule has 1 aromatic carbocycles. The molecule has 1 fully saturated rings. The SMILES string of the molecule is COC(=O)C[C@@H]1C(=O)NCCN1Cc1sc2ccccc2c1Cl. The van der Waals surface area contributed by atoms with Crippen molar-refractivity contribution in [3.63, 3.8) is 0 Å². The minimum Gasteiger partial charge on any atom is -0.469 e. The summed E-state index contributed by atoms with van der Waals surface area (Å²) in [5.41, 5.74) is 0. The summed E-state index contributed by atoms with van der Waals surface area (Å²) in [6.07, 6.45) is 0.0465. The molecule has 0 spiro atoms. The summed E-state index contributed by atoms with van der Waals surface area (Å²) < 4.78 is 5.83. The van der Waals surface area contributed by atoms with Crippen LogP contribution in [0.1, 0.15) is 11.3 Å². The molecule has 5 nitrogen and oxygen atoms in total. The lowest BCUT2D eigenvalue weighted by Crippen LogP contribution is -2.55. The van der Waals surface area contributed by atoms with Crippen LogP contribution in [0.15, 0.2) is 24.3 Å². The molecule has 1 saturated heterocycles. The summed E-state index contributed by atoms with van der Waals surface area (Å²) in [6, 6.07) is 7.45. The summed E-state index contributed by atoms with van der Waals surface area (Å²) in [6.45, 7) is 1.80. The van der Waals surface area contributed by atoms with E-state index in [2.05, 4.69) is 5.32 Å². The van der Waals surface area contributed by atoms with Gasteiger partial charge in [-0.3, -0.25) is 14.5 Å². The van der Waals surface area contributed by atoms with E-state index in [4.69, 9.17) is 16.3 Å². The molecule has 7 heteroatoms. The van der Waals surface area contributed by atoms with Crippen molar-refractivity contribution in [1.82, 2.24) is 10.2 Å².